The largest absolute Gasteiger partial charge is 0.502 e. The Labute approximate surface area is 124 Å². The van der Waals surface area contributed by atoms with Crippen molar-refractivity contribution in [3.63, 3.8) is 0 Å². The molecule has 1 aromatic rings. The van der Waals surface area contributed by atoms with Crippen molar-refractivity contribution in [2.75, 3.05) is 6.86 Å². The highest BCUT2D eigenvalue weighted by Crippen LogP contribution is 2.41. The van der Waals surface area contributed by atoms with Crippen molar-refractivity contribution in [2.45, 2.75) is 57.7 Å². The van der Waals surface area contributed by atoms with Gasteiger partial charge in [-0.1, -0.05) is 0 Å². The maximum absolute atomic E-state index is 12.6. The average molecular weight is 294 g/mol. The predicted molar refractivity (Wildman–Crippen MR) is 76.3 cm³/mol. The van der Waals surface area contributed by atoms with Crippen LogP contribution in [-0.2, 0) is 9.31 Å². The molecule has 3 rings (SSSR count). The standard InChI is InChI=1S/C14H20BFN2O3/c1-13(2)14(3,4)21-15(20-13)10-11(9-5-6-9)17-8-18-12(10)19-7-16/h8-9H,5-7H2,1-4H3. The van der Waals surface area contributed by atoms with E-state index in [1.54, 1.807) is 0 Å². The lowest BCUT2D eigenvalue weighted by Gasteiger charge is -2.32. The fraction of sp³-hybridized carbons (Fsp3) is 0.714. The Balaban J connectivity index is 2.01. The Bertz CT molecular complexity index is 533. The van der Waals surface area contributed by atoms with Crippen molar-refractivity contribution >= 4 is 12.6 Å². The molecule has 0 atom stereocenters. The summed E-state index contributed by atoms with van der Waals surface area (Å²) >= 11 is 0. The maximum Gasteiger partial charge on any atom is 0.502 e. The number of halogens is 1. The molecule has 1 saturated heterocycles. The van der Waals surface area contributed by atoms with Crippen LogP contribution in [0.25, 0.3) is 0 Å². The molecule has 1 saturated carbocycles. The topological polar surface area (TPSA) is 53.5 Å². The molecule has 0 amide bonds. The fourth-order valence-corrected chi connectivity index (χ4v) is 2.42. The SMILES string of the molecule is CC1(C)OB(c2c(OCF)ncnc2C2CC2)OC1(C)C. The van der Waals surface area contributed by atoms with Gasteiger partial charge in [-0.15, -0.1) is 0 Å². The molecule has 5 nitrogen and oxygen atoms in total. The van der Waals surface area contributed by atoms with Gasteiger partial charge in [0.1, 0.15) is 6.33 Å². The van der Waals surface area contributed by atoms with E-state index in [1.807, 2.05) is 27.7 Å². The molecule has 0 unspecified atom stereocenters. The Morgan fingerprint density at radius 3 is 2.38 bits per heavy atom. The van der Waals surface area contributed by atoms with Gasteiger partial charge in [0.2, 0.25) is 12.7 Å². The van der Waals surface area contributed by atoms with Gasteiger partial charge in [-0.25, -0.2) is 14.4 Å². The van der Waals surface area contributed by atoms with Gasteiger partial charge in [0, 0.05) is 5.92 Å². The molecule has 0 spiro atoms. The number of rotatable bonds is 4. The summed E-state index contributed by atoms with van der Waals surface area (Å²) in [6.45, 7) is 6.97. The second kappa shape index (κ2) is 4.92. The smallest absolute Gasteiger partial charge is 0.446 e. The summed E-state index contributed by atoms with van der Waals surface area (Å²) in [6.07, 6.45) is 3.55. The number of aromatic nitrogens is 2. The van der Waals surface area contributed by atoms with Crippen LogP contribution in [0.1, 0.15) is 52.1 Å². The minimum absolute atomic E-state index is 0.216. The van der Waals surface area contributed by atoms with E-state index in [0.29, 0.717) is 11.4 Å². The molecule has 7 heteroatoms. The van der Waals surface area contributed by atoms with Crippen LogP contribution in [0.15, 0.2) is 6.33 Å². The number of hydrogen-bond donors (Lipinski definition) is 0. The van der Waals surface area contributed by atoms with Gasteiger partial charge in [0.15, 0.2) is 0 Å². The van der Waals surface area contributed by atoms with E-state index in [1.165, 1.54) is 6.33 Å². The lowest BCUT2D eigenvalue weighted by atomic mass is 9.77. The molecule has 1 aromatic heterocycles. The van der Waals surface area contributed by atoms with Gasteiger partial charge in [-0.2, -0.15) is 0 Å². The van der Waals surface area contributed by atoms with Crippen LogP contribution in [0.4, 0.5) is 4.39 Å². The van der Waals surface area contributed by atoms with Gasteiger partial charge in [0.25, 0.3) is 0 Å². The van der Waals surface area contributed by atoms with Crippen LogP contribution >= 0.6 is 0 Å². The van der Waals surface area contributed by atoms with Crippen LogP contribution < -0.4 is 10.2 Å². The summed E-state index contributed by atoms with van der Waals surface area (Å²) in [5, 5.41) is 0. The van der Waals surface area contributed by atoms with Crippen LogP contribution in [-0.4, -0.2) is 35.1 Å². The van der Waals surface area contributed by atoms with E-state index in [4.69, 9.17) is 14.0 Å². The van der Waals surface area contributed by atoms with Gasteiger partial charge in [-0.05, 0) is 40.5 Å². The molecule has 1 aliphatic carbocycles. The third-order valence-electron chi connectivity index (χ3n) is 4.52. The molecule has 2 heterocycles. The monoisotopic (exact) mass is 294 g/mol. The molecule has 0 radical (unpaired) electrons. The molecule has 2 fully saturated rings. The first-order valence-electron chi connectivity index (χ1n) is 7.25. The van der Waals surface area contributed by atoms with Crippen LogP contribution in [0.5, 0.6) is 5.88 Å². The molecule has 21 heavy (non-hydrogen) atoms. The van der Waals surface area contributed by atoms with E-state index >= 15 is 0 Å². The highest BCUT2D eigenvalue weighted by atomic mass is 19.1. The zero-order valence-corrected chi connectivity index (χ0v) is 12.9. The first kappa shape index (κ1) is 14.7. The zero-order valence-electron chi connectivity index (χ0n) is 12.9. The number of ether oxygens (including phenoxy) is 1. The normalized spacial score (nSPS) is 23.4. The number of hydrogen-bond acceptors (Lipinski definition) is 5. The summed E-state index contributed by atoms with van der Waals surface area (Å²) in [7, 11) is -0.631. The van der Waals surface area contributed by atoms with Gasteiger partial charge in [0.05, 0.1) is 22.4 Å². The molecular formula is C14H20BFN2O3. The van der Waals surface area contributed by atoms with Crippen LogP contribution in [0.3, 0.4) is 0 Å². The summed E-state index contributed by atoms with van der Waals surface area (Å²) < 4.78 is 29.8. The second-order valence-electron chi connectivity index (χ2n) is 6.59. The molecule has 0 bridgehead atoms. The van der Waals surface area contributed by atoms with E-state index < -0.39 is 25.2 Å². The first-order valence-corrected chi connectivity index (χ1v) is 7.25. The molecule has 1 aliphatic heterocycles. The summed E-state index contributed by atoms with van der Waals surface area (Å²) in [5.74, 6) is 0.580. The third kappa shape index (κ3) is 2.53. The summed E-state index contributed by atoms with van der Waals surface area (Å²) in [4.78, 5) is 8.40. The minimum atomic E-state index is -0.937. The van der Waals surface area contributed by atoms with Crippen molar-refractivity contribution in [1.29, 1.82) is 0 Å². The lowest BCUT2D eigenvalue weighted by molar-refractivity contribution is 0.00578. The zero-order chi connectivity index (χ0) is 15.3. The highest BCUT2D eigenvalue weighted by molar-refractivity contribution is 6.63. The van der Waals surface area contributed by atoms with Crippen LogP contribution in [0.2, 0.25) is 0 Å². The third-order valence-corrected chi connectivity index (χ3v) is 4.52. The molecular weight excluding hydrogens is 274 g/mol. The van der Waals surface area contributed by atoms with Gasteiger partial charge in [-0.3, -0.25) is 0 Å². The highest BCUT2D eigenvalue weighted by Gasteiger charge is 2.54. The Morgan fingerprint density at radius 1 is 1.24 bits per heavy atom. The quantitative estimate of drug-likeness (QED) is 0.795. The summed E-state index contributed by atoms with van der Waals surface area (Å²) in [5.41, 5.74) is 0.547. The predicted octanol–water partition coefficient (Wildman–Crippen LogP) is 1.96. The number of nitrogens with zero attached hydrogens (tertiary/aromatic N) is 2. The maximum atomic E-state index is 12.6. The molecule has 2 aliphatic rings. The molecule has 114 valence electrons. The van der Waals surface area contributed by atoms with Gasteiger partial charge < -0.3 is 14.0 Å². The van der Waals surface area contributed by atoms with Crippen molar-refractivity contribution in [3.8, 4) is 5.88 Å². The fourth-order valence-electron chi connectivity index (χ4n) is 2.42. The molecule has 0 N–H and O–H groups in total. The van der Waals surface area contributed by atoms with E-state index in [2.05, 4.69) is 9.97 Å². The van der Waals surface area contributed by atoms with Crippen molar-refractivity contribution < 1.29 is 18.4 Å². The van der Waals surface area contributed by atoms with Crippen molar-refractivity contribution in [1.82, 2.24) is 9.97 Å². The first-order chi connectivity index (χ1) is 9.86. The lowest BCUT2D eigenvalue weighted by Crippen LogP contribution is -2.41. The van der Waals surface area contributed by atoms with Crippen molar-refractivity contribution in [2.24, 2.45) is 0 Å². The second-order valence-corrected chi connectivity index (χ2v) is 6.59. The Morgan fingerprint density at radius 2 is 1.86 bits per heavy atom. The van der Waals surface area contributed by atoms with Crippen LogP contribution in [0, 0.1) is 0 Å². The van der Waals surface area contributed by atoms with E-state index in [-0.39, 0.29) is 5.88 Å². The average Bonchev–Trinajstić information content (AvgIpc) is 3.18. The Kier molecular flexibility index (Phi) is 3.45. The van der Waals surface area contributed by atoms with E-state index in [0.717, 1.165) is 18.5 Å². The van der Waals surface area contributed by atoms with E-state index in [9.17, 15) is 4.39 Å². The van der Waals surface area contributed by atoms with Crippen molar-refractivity contribution in [3.05, 3.63) is 12.0 Å². The van der Waals surface area contributed by atoms with Gasteiger partial charge >= 0.3 is 7.12 Å². The minimum Gasteiger partial charge on any atom is -0.446 e. The Hall–Kier alpha value is -1.21. The molecule has 0 aromatic carbocycles. The summed E-state index contributed by atoms with van der Waals surface area (Å²) in [6, 6.07) is 0. The number of alkyl halides is 1.